The first kappa shape index (κ1) is 18.3. The molecule has 0 saturated carbocycles. The van der Waals surface area contributed by atoms with Crippen LogP contribution in [0.15, 0.2) is 24.4 Å². The number of carbonyl (C=O) groups excluding carboxylic acids is 4. The molecule has 4 heterocycles. The molecule has 0 aliphatic carbocycles. The van der Waals surface area contributed by atoms with Crippen LogP contribution in [0.4, 0.5) is 4.79 Å². The second kappa shape index (κ2) is 6.94. The van der Waals surface area contributed by atoms with Crippen LogP contribution in [0.25, 0.3) is 5.69 Å². The number of imide groups is 1. The first-order valence-electron chi connectivity index (χ1n) is 9.60. The molecule has 11 heteroatoms. The highest BCUT2D eigenvalue weighted by atomic mass is 16.6. The van der Waals surface area contributed by atoms with Crippen molar-refractivity contribution < 1.29 is 23.9 Å². The second-order valence-electron chi connectivity index (χ2n) is 7.43. The van der Waals surface area contributed by atoms with Crippen molar-refractivity contribution in [2.24, 2.45) is 0 Å². The average Bonchev–Trinajstić information content (AvgIpc) is 3.43. The van der Waals surface area contributed by atoms with Gasteiger partial charge in [-0.15, -0.1) is 5.10 Å². The Hall–Kier alpha value is -3.76. The van der Waals surface area contributed by atoms with Gasteiger partial charge < -0.3 is 9.64 Å². The van der Waals surface area contributed by atoms with E-state index in [4.69, 9.17) is 4.74 Å². The molecule has 3 aliphatic rings. The number of ether oxygens (including phenoxy) is 1. The van der Waals surface area contributed by atoms with E-state index >= 15 is 0 Å². The minimum absolute atomic E-state index is 0.216. The van der Waals surface area contributed by atoms with Crippen LogP contribution >= 0.6 is 0 Å². The molecule has 4 amide bonds. The van der Waals surface area contributed by atoms with Gasteiger partial charge in [-0.2, -0.15) is 0 Å². The number of nitrogens with zero attached hydrogens (tertiary/aromatic N) is 5. The number of hydrogen-bond acceptors (Lipinski definition) is 7. The molecule has 2 aromatic rings. The molecular formula is C19H18N6O5. The normalized spacial score (nSPS) is 21.1. The van der Waals surface area contributed by atoms with Gasteiger partial charge in [0.2, 0.25) is 11.8 Å². The van der Waals surface area contributed by atoms with Gasteiger partial charge in [-0.1, -0.05) is 5.21 Å². The molecule has 3 aliphatic heterocycles. The average molecular weight is 410 g/mol. The Labute approximate surface area is 170 Å². The molecule has 2 saturated heterocycles. The van der Waals surface area contributed by atoms with E-state index in [1.54, 1.807) is 27.9 Å². The molecule has 0 spiro atoms. The van der Waals surface area contributed by atoms with Crippen molar-refractivity contribution in [3.63, 3.8) is 0 Å². The summed E-state index contributed by atoms with van der Waals surface area (Å²) in [6, 6.07) is 4.65. The fourth-order valence-corrected chi connectivity index (χ4v) is 3.97. The van der Waals surface area contributed by atoms with Gasteiger partial charge in [0.05, 0.1) is 25.0 Å². The first-order valence-corrected chi connectivity index (χ1v) is 9.60. The van der Waals surface area contributed by atoms with Crippen molar-refractivity contribution >= 4 is 23.8 Å². The zero-order valence-corrected chi connectivity index (χ0v) is 15.9. The van der Waals surface area contributed by atoms with E-state index in [-0.39, 0.29) is 30.9 Å². The van der Waals surface area contributed by atoms with E-state index in [1.807, 2.05) is 6.07 Å². The molecule has 1 aromatic carbocycles. The summed E-state index contributed by atoms with van der Waals surface area (Å²) in [5, 5.41) is 10.5. The van der Waals surface area contributed by atoms with Gasteiger partial charge in [-0.3, -0.25) is 24.6 Å². The van der Waals surface area contributed by atoms with Crippen LogP contribution in [-0.2, 0) is 27.4 Å². The van der Waals surface area contributed by atoms with Gasteiger partial charge in [-0.25, -0.2) is 9.48 Å². The molecule has 11 nitrogen and oxygen atoms in total. The van der Waals surface area contributed by atoms with Crippen LogP contribution < -0.4 is 5.32 Å². The number of benzene rings is 1. The van der Waals surface area contributed by atoms with Crippen LogP contribution in [0, 0.1) is 0 Å². The summed E-state index contributed by atoms with van der Waals surface area (Å²) in [6.07, 6.45) is 1.90. The minimum atomic E-state index is -0.649. The molecular weight excluding hydrogens is 392 g/mol. The van der Waals surface area contributed by atoms with Crippen LogP contribution in [0.3, 0.4) is 0 Å². The molecule has 1 aromatic heterocycles. The van der Waals surface area contributed by atoms with Crippen LogP contribution in [0.1, 0.15) is 34.5 Å². The number of rotatable bonds is 4. The Morgan fingerprint density at radius 3 is 2.83 bits per heavy atom. The molecule has 0 radical (unpaired) electrons. The minimum Gasteiger partial charge on any atom is -0.448 e. The monoisotopic (exact) mass is 410 g/mol. The fourth-order valence-electron chi connectivity index (χ4n) is 3.97. The van der Waals surface area contributed by atoms with E-state index in [1.165, 1.54) is 4.90 Å². The molecule has 1 atom stereocenters. The van der Waals surface area contributed by atoms with Gasteiger partial charge in [-0.05, 0) is 30.2 Å². The number of carbonyl (C=O) groups is 4. The predicted octanol–water partition coefficient (Wildman–Crippen LogP) is -0.0195. The van der Waals surface area contributed by atoms with Crippen molar-refractivity contribution in [3.05, 3.63) is 41.2 Å². The van der Waals surface area contributed by atoms with E-state index in [0.717, 1.165) is 11.3 Å². The van der Waals surface area contributed by atoms with E-state index in [9.17, 15) is 19.2 Å². The number of nitrogens with one attached hydrogen (secondary N) is 1. The number of cyclic esters (lactones) is 1. The topological polar surface area (TPSA) is 127 Å². The number of hydrogen-bond donors (Lipinski definition) is 1. The summed E-state index contributed by atoms with van der Waals surface area (Å²) in [4.78, 5) is 51.0. The van der Waals surface area contributed by atoms with Gasteiger partial charge in [0.15, 0.2) is 0 Å². The van der Waals surface area contributed by atoms with Gasteiger partial charge in [0.1, 0.15) is 18.3 Å². The molecule has 1 unspecified atom stereocenters. The molecule has 0 bridgehead atoms. The molecule has 5 rings (SSSR count). The highest BCUT2D eigenvalue weighted by Gasteiger charge is 2.39. The van der Waals surface area contributed by atoms with Gasteiger partial charge >= 0.3 is 6.09 Å². The van der Waals surface area contributed by atoms with Crippen LogP contribution in [-0.4, -0.2) is 67.8 Å². The summed E-state index contributed by atoms with van der Waals surface area (Å²) < 4.78 is 6.49. The largest absolute Gasteiger partial charge is 0.448 e. The van der Waals surface area contributed by atoms with Crippen molar-refractivity contribution in [1.29, 1.82) is 0 Å². The summed E-state index contributed by atoms with van der Waals surface area (Å²) >= 11 is 0. The van der Waals surface area contributed by atoms with E-state index < -0.39 is 11.9 Å². The molecule has 30 heavy (non-hydrogen) atoms. The molecule has 154 valence electrons. The number of piperidine rings is 1. The smallest absolute Gasteiger partial charge is 0.410 e. The quantitative estimate of drug-likeness (QED) is 0.702. The maximum Gasteiger partial charge on any atom is 0.410 e. The number of aromatic nitrogens is 3. The number of amides is 4. The fraction of sp³-hybridized carbons (Fsp3) is 0.368. The zero-order chi connectivity index (χ0) is 20.8. The highest BCUT2D eigenvalue weighted by molar-refractivity contribution is 6.05. The van der Waals surface area contributed by atoms with Crippen molar-refractivity contribution in [2.75, 3.05) is 13.2 Å². The van der Waals surface area contributed by atoms with Crippen molar-refractivity contribution in [2.45, 2.75) is 32.0 Å². The summed E-state index contributed by atoms with van der Waals surface area (Å²) in [5.74, 6) is -0.973. The molecule has 1 N–H and O–H groups in total. The number of fused-ring (bicyclic) bond motifs is 1. The third kappa shape index (κ3) is 3.08. The molecule has 2 fully saturated rings. The Morgan fingerprint density at radius 2 is 2.07 bits per heavy atom. The Morgan fingerprint density at radius 1 is 1.20 bits per heavy atom. The lowest BCUT2D eigenvalue weighted by molar-refractivity contribution is -0.136. The standard InChI is InChI=1S/C19H18N6O5/c26-16-4-3-15(17(27)20-16)24-8-11-7-13(1-2-14(11)18(24)28)25-10-12(21-22-25)9-23-5-6-30-19(23)29/h1-2,7,10,15H,3-6,8-9H2,(H,20,26,27). The Balaban J connectivity index is 1.34. The van der Waals surface area contributed by atoms with E-state index in [0.29, 0.717) is 37.4 Å². The summed E-state index contributed by atoms with van der Waals surface area (Å²) in [6.45, 7) is 1.49. The lowest BCUT2D eigenvalue weighted by Gasteiger charge is -2.29. The highest BCUT2D eigenvalue weighted by Crippen LogP contribution is 2.29. The van der Waals surface area contributed by atoms with Gasteiger partial charge in [0, 0.05) is 18.5 Å². The maximum atomic E-state index is 12.8. The summed E-state index contributed by atoms with van der Waals surface area (Å²) in [7, 11) is 0. The van der Waals surface area contributed by atoms with Crippen molar-refractivity contribution in [3.8, 4) is 5.69 Å². The predicted molar refractivity (Wildman–Crippen MR) is 99.2 cm³/mol. The Kier molecular flexibility index (Phi) is 4.23. The van der Waals surface area contributed by atoms with E-state index in [2.05, 4.69) is 15.6 Å². The lowest BCUT2D eigenvalue weighted by atomic mass is 10.0. The SMILES string of the molecule is O=C1CCC(N2Cc3cc(-n4cc(CN5CCOC5=O)nn4)ccc3C2=O)C(=O)N1. The second-order valence-corrected chi connectivity index (χ2v) is 7.43. The van der Waals surface area contributed by atoms with Gasteiger partial charge in [0.25, 0.3) is 5.91 Å². The summed E-state index contributed by atoms with van der Waals surface area (Å²) in [5.41, 5.74) is 2.65. The van der Waals surface area contributed by atoms with Crippen molar-refractivity contribution in [1.82, 2.24) is 30.1 Å². The maximum absolute atomic E-state index is 12.8. The third-order valence-corrected chi connectivity index (χ3v) is 5.51. The van der Waals surface area contributed by atoms with Crippen LogP contribution in [0.2, 0.25) is 0 Å². The zero-order valence-electron chi connectivity index (χ0n) is 15.9. The lowest BCUT2D eigenvalue weighted by Crippen LogP contribution is -2.52. The Bertz CT molecular complexity index is 1080. The van der Waals surface area contributed by atoms with Crippen LogP contribution in [0.5, 0.6) is 0 Å². The third-order valence-electron chi connectivity index (χ3n) is 5.51. The first-order chi connectivity index (χ1) is 14.5.